The largest absolute Gasteiger partial charge is 0.483 e. The highest BCUT2D eigenvalue weighted by Gasteiger charge is 2.13. The van der Waals surface area contributed by atoms with Gasteiger partial charge in [-0.15, -0.1) is 11.3 Å². The van der Waals surface area contributed by atoms with Crippen molar-refractivity contribution in [2.75, 3.05) is 0 Å². The maximum Gasteiger partial charge on any atom is 0.165 e. The number of aromatic nitrogens is 1. The monoisotopic (exact) mass is 294 g/mol. The average Bonchev–Trinajstić information content (AvgIpc) is 2.67. The molecule has 5 heteroatoms. The molecule has 1 aromatic heterocycles. The van der Waals surface area contributed by atoms with E-state index in [0.29, 0.717) is 6.42 Å². The fourth-order valence-electron chi connectivity index (χ4n) is 1.96. The van der Waals surface area contributed by atoms with Crippen molar-refractivity contribution in [3.05, 3.63) is 45.2 Å². The molecule has 0 spiro atoms. The summed E-state index contributed by atoms with van der Waals surface area (Å²) in [5, 5.41) is 0.856. The summed E-state index contributed by atoms with van der Waals surface area (Å²) in [5.41, 5.74) is 7.58. The molecule has 0 saturated heterocycles. The molecule has 108 valence electrons. The Hall–Kier alpha value is -1.46. The third-order valence-electron chi connectivity index (χ3n) is 3.00. The number of hydrogen-bond acceptors (Lipinski definition) is 4. The minimum absolute atomic E-state index is 0.0384. The molecule has 0 radical (unpaired) electrons. The Morgan fingerprint density at radius 1 is 1.40 bits per heavy atom. The quantitative estimate of drug-likeness (QED) is 0.919. The SMILES string of the molecule is Cc1nc(COc2c(F)cccc2CC(C)N)sc1C. The molecule has 0 aliphatic carbocycles. The molecule has 0 fully saturated rings. The van der Waals surface area contributed by atoms with Gasteiger partial charge in [-0.1, -0.05) is 12.1 Å². The first-order chi connectivity index (χ1) is 9.47. The molecule has 2 rings (SSSR count). The number of hydrogen-bond donors (Lipinski definition) is 1. The van der Waals surface area contributed by atoms with E-state index >= 15 is 0 Å². The van der Waals surface area contributed by atoms with Crippen molar-refractivity contribution in [1.82, 2.24) is 4.98 Å². The molecule has 0 amide bonds. The fraction of sp³-hybridized carbons (Fsp3) is 0.400. The van der Waals surface area contributed by atoms with Crippen LogP contribution in [0, 0.1) is 19.7 Å². The van der Waals surface area contributed by atoms with E-state index in [-0.39, 0.29) is 24.2 Å². The molecule has 1 unspecified atom stereocenters. The molecular weight excluding hydrogens is 275 g/mol. The normalized spacial score (nSPS) is 12.4. The van der Waals surface area contributed by atoms with E-state index in [1.165, 1.54) is 6.07 Å². The summed E-state index contributed by atoms with van der Waals surface area (Å²) in [7, 11) is 0. The number of ether oxygens (including phenoxy) is 1. The highest BCUT2D eigenvalue weighted by Crippen LogP contribution is 2.26. The predicted octanol–water partition coefficient (Wildman–Crippen LogP) is 3.37. The fourth-order valence-corrected chi connectivity index (χ4v) is 2.80. The number of nitrogens with zero attached hydrogens (tertiary/aromatic N) is 1. The lowest BCUT2D eigenvalue weighted by Gasteiger charge is -2.13. The molecule has 1 heterocycles. The van der Waals surface area contributed by atoms with E-state index < -0.39 is 0 Å². The Bertz CT molecular complexity index is 576. The van der Waals surface area contributed by atoms with E-state index in [1.54, 1.807) is 17.4 Å². The maximum atomic E-state index is 13.9. The van der Waals surface area contributed by atoms with Crippen molar-refractivity contribution in [3.63, 3.8) is 0 Å². The second-order valence-electron chi connectivity index (χ2n) is 4.95. The van der Waals surface area contributed by atoms with Crippen LogP contribution in [0.1, 0.15) is 28.1 Å². The lowest BCUT2D eigenvalue weighted by atomic mass is 10.1. The smallest absolute Gasteiger partial charge is 0.165 e. The standard InChI is InChI=1S/C15H19FN2OS/c1-9(17)7-12-5-4-6-13(16)15(12)19-8-14-18-10(2)11(3)20-14/h4-6,9H,7-8,17H2,1-3H3. The molecule has 1 aromatic carbocycles. The Morgan fingerprint density at radius 3 is 2.75 bits per heavy atom. The summed E-state index contributed by atoms with van der Waals surface area (Å²) in [5.74, 6) is -0.0662. The van der Waals surface area contributed by atoms with Gasteiger partial charge in [-0.2, -0.15) is 0 Å². The van der Waals surface area contributed by atoms with Crippen LogP contribution in [0.2, 0.25) is 0 Å². The van der Waals surface area contributed by atoms with Crippen LogP contribution < -0.4 is 10.5 Å². The van der Waals surface area contributed by atoms with Crippen molar-refractivity contribution in [3.8, 4) is 5.75 Å². The molecular formula is C15H19FN2OS. The minimum Gasteiger partial charge on any atom is -0.483 e. The number of halogens is 1. The summed E-state index contributed by atoms with van der Waals surface area (Å²) in [4.78, 5) is 5.55. The van der Waals surface area contributed by atoms with Crippen LogP contribution in [0.4, 0.5) is 4.39 Å². The Balaban J connectivity index is 2.15. The van der Waals surface area contributed by atoms with Gasteiger partial charge in [0, 0.05) is 10.9 Å². The van der Waals surface area contributed by atoms with Crippen molar-refractivity contribution in [2.24, 2.45) is 5.73 Å². The van der Waals surface area contributed by atoms with Crippen LogP contribution in [0.25, 0.3) is 0 Å². The van der Waals surface area contributed by atoms with Crippen molar-refractivity contribution in [1.29, 1.82) is 0 Å². The second-order valence-corrected chi connectivity index (χ2v) is 6.24. The van der Waals surface area contributed by atoms with Gasteiger partial charge in [0.2, 0.25) is 0 Å². The van der Waals surface area contributed by atoms with Crippen LogP contribution in [-0.2, 0) is 13.0 Å². The number of thiazole rings is 1. The van der Waals surface area contributed by atoms with Crippen molar-refractivity contribution < 1.29 is 9.13 Å². The van der Waals surface area contributed by atoms with Crippen LogP contribution in [0.15, 0.2) is 18.2 Å². The van der Waals surface area contributed by atoms with E-state index in [1.807, 2.05) is 26.8 Å². The Labute approximate surface area is 122 Å². The van der Waals surface area contributed by atoms with Crippen LogP contribution in [-0.4, -0.2) is 11.0 Å². The van der Waals surface area contributed by atoms with E-state index in [2.05, 4.69) is 4.98 Å². The van der Waals surface area contributed by atoms with Crippen molar-refractivity contribution >= 4 is 11.3 Å². The lowest BCUT2D eigenvalue weighted by molar-refractivity contribution is 0.285. The van der Waals surface area contributed by atoms with Gasteiger partial charge >= 0.3 is 0 Å². The zero-order valence-electron chi connectivity index (χ0n) is 11.9. The molecule has 20 heavy (non-hydrogen) atoms. The zero-order chi connectivity index (χ0) is 14.7. The summed E-state index contributed by atoms with van der Waals surface area (Å²) in [6.45, 7) is 6.15. The van der Waals surface area contributed by atoms with E-state index in [9.17, 15) is 4.39 Å². The number of rotatable bonds is 5. The lowest BCUT2D eigenvalue weighted by Crippen LogP contribution is -2.18. The van der Waals surface area contributed by atoms with Gasteiger partial charge in [0.25, 0.3) is 0 Å². The van der Waals surface area contributed by atoms with Crippen LogP contribution in [0.5, 0.6) is 5.75 Å². The van der Waals surface area contributed by atoms with Gasteiger partial charge in [0.1, 0.15) is 11.6 Å². The first kappa shape index (κ1) is 14.9. The summed E-state index contributed by atoms with van der Waals surface area (Å²) in [6.07, 6.45) is 0.586. The second kappa shape index (κ2) is 6.33. The molecule has 0 aliphatic rings. The van der Waals surface area contributed by atoms with E-state index in [0.717, 1.165) is 21.1 Å². The Morgan fingerprint density at radius 2 is 2.15 bits per heavy atom. The first-order valence-electron chi connectivity index (χ1n) is 6.56. The van der Waals surface area contributed by atoms with E-state index in [4.69, 9.17) is 10.5 Å². The topological polar surface area (TPSA) is 48.1 Å². The number of benzene rings is 1. The van der Waals surface area contributed by atoms with Crippen LogP contribution >= 0.6 is 11.3 Å². The molecule has 1 atom stereocenters. The molecule has 0 aliphatic heterocycles. The van der Waals surface area contributed by atoms with Gasteiger partial charge in [-0.3, -0.25) is 0 Å². The summed E-state index contributed by atoms with van der Waals surface area (Å²) >= 11 is 1.58. The summed E-state index contributed by atoms with van der Waals surface area (Å²) in [6, 6.07) is 4.89. The average molecular weight is 294 g/mol. The highest BCUT2D eigenvalue weighted by atomic mass is 32.1. The molecule has 0 saturated carbocycles. The molecule has 2 aromatic rings. The van der Waals surface area contributed by atoms with Crippen LogP contribution in [0.3, 0.4) is 0 Å². The third-order valence-corrected chi connectivity index (χ3v) is 4.05. The summed E-state index contributed by atoms with van der Waals surface area (Å²) < 4.78 is 19.5. The maximum absolute atomic E-state index is 13.9. The van der Waals surface area contributed by atoms with Gasteiger partial charge in [-0.05, 0) is 38.8 Å². The predicted molar refractivity (Wildman–Crippen MR) is 79.7 cm³/mol. The number of aryl methyl sites for hydroxylation is 2. The molecule has 3 nitrogen and oxygen atoms in total. The highest BCUT2D eigenvalue weighted by molar-refractivity contribution is 7.11. The van der Waals surface area contributed by atoms with Gasteiger partial charge in [-0.25, -0.2) is 9.37 Å². The third kappa shape index (κ3) is 3.55. The first-order valence-corrected chi connectivity index (χ1v) is 7.37. The minimum atomic E-state index is -0.354. The number of nitrogens with two attached hydrogens (primary N) is 1. The van der Waals surface area contributed by atoms with Gasteiger partial charge < -0.3 is 10.5 Å². The molecule has 0 bridgehead atoms. The Kier molecular flexibility index (Phi) is 4.73. The zero-order valence-corrected chi connectivity index (χ0v) is 12.8. The van der Waals surface area contributed by atoms with Gasteiger partial charge in [0.15, 0.2) is 11.6 Å². The van der Waals surface area contributed by atoms with Gasteiger partial charge in [0.05, 0.1) is 5.69 Å². The van der Waals surface area contributed by atoms with Crippen molar-refractivity contribution in [2.45, 2.75) is 39.8 Å². The molecule has 2 N–H and O–H groups in total. The number of para-hydroxylation sites is 1.